The van der Waals surface area contributed by atoms with Gasteiger partial charge in [0, 0.05) is 26.2 Å². The lowest BCUT2D eigenvalue weighted by atomic mass is 9.83. The SMILES string of the molecule is CC(C)(C(=O)N1CCN(CC#N)CC1)c1cccc(F)c1. The van der Waals surface area contributed by atoms with Crippen LogP contribution in [0.5, 0.6) is 0 Å². The summed E-state index contributed by atoms with van der Waals surface area (Å²) in [5, 5.41) is 8.69. The molecule has 4 nitrogen and oxygen atoms in total. The molecular weight excluding hydrogens is 269 g/mol. The predicted molar refractivity (Wildman–Crippen MR) is 78.1 cm³/mol. The molecule has 1 heterocycles. The van der Waals surface area contributed by atoms with Crippen LogP contribution in [0, 0.1) is 17.1 Å². The molecule has 21 heavy (non-hydrogen) atoms. The van der Waals surface area contributed by atoms with Gasteiger partial charge < -0.3 is 4.90 Å². The Morgan fingerprint density at radius 1 is 1.33 bits per heavy atom. The summed E-state index contributed by atoms with van der Waals surface area (Å²) >= 11 is 0. The van der Waals surface area contributed by atoms with E-state index in [-0.39, 0.29) is 11.7 Å². The molecule has 5 heteroatoms. The molecule has 0 bridgehead atoms. The normalized spacial score (nSPS) is 16.6. The van der Waals surface area contributed by atoms with Crippen LogP contribution in [-0.2, 0) is 10.2 Å². The molecule has 0 spiro atoms. The first-order chi connectivity index (χ1) is 9.95. The number of halogens is 1. The van der Waals surface area contributed by atoms with Gasteiger partial charge in [-0.15, -0.1) is 0 Å². The predicted octanol–water partition coefficient (Wildman–Crippen LogP) is 1.77. The molecule has 1 amide bonds. The number of hydrogen-bond acceptors (Lipinski definition) is 3. The van der Waals surface area contributed by atoms with Crippen LogP contribution in [0.4, 0.5) is 4.39 Å². The molecule has 0 aromatic heterocycles. The average molecular weight is 289 g/mol. The van der Waals surface area contributed by atoms with Gasteiger partial charge in [-0.1, -0.05) is 12.1 Å². The number of hydrogen-bond donors (Lipinski definition) is 0. The zero-order valence-electron chi connectivity index (χ0n) is 12.5. The summed E-state index contributed by atoms with van der Waals surface area (Å²) in [6.07, 6.45) is 0. The molecule has 0 N–H and O–H groups in total. The molecule has 1 aromatic rings. The van der Waals surface area contributed by atoms with E-state index in [4.69, 9.17) is 5.26 Å². The zero-order valence-corrected chi connectivity index (χ0v) is 12.5. The van der Waals surface area contributed by atoms with Crippen molar-refractivity contribution in [1.29, 1.82) is 5.26 Å². The molecule has 0 atom stereocenters. The second-order valence-corrected chi connectivity index (χ2v) is 5.86. The van der Waals surface area contributed by atoms with E-state index in [1.807, 2.05) is 18.7 Å². The lowest BCUT2D eigenvalue weighted by molar-refractivity contribution is -0.138. The van der Waals surface area contributed by atoms with Gasteiger partial charge in [0.2, 0.25) is 5.91 Å². The quantitative estimate of drug-likeness (QED) is 0.797. The fraction of sp³-hybridized carbons (Fsp3) is 0.500. The molecule has 1 aromatic carbocycles. The lowest BCUT2D eigenvalue weighted by Gasteiger charge is -2.38. The van der Waals surface area contributed by atoms with Crippen LogP contribution in [0.25, 0.3) is 0 Å². The first kappa shape index (κ1) is 15.5. The van der Waals surface area contributed by atoms with E-state index in [9.17, 15) is 9.18 Å². The minimum atomic E-state index is -0.750. The summed E-state index contributed by atoms with van der Waals surface area (Å²) < 4.78 is 13.4. The highest BCUT2D eigenvalue weighted by molar-refractivity contribution is 5.87. The third kappa shape index (κ3) is 3.40. The molecule has 0 unspecified atom stereocenters. The van der Waals surface area contributed by atoms with E-state index in [1.54, 1.807) is 17.0 Å². The maximum Gasteiger partial charge on any atom is 0.232 e. The van der Waals surface area contributed by atoms with Crippen molar-refractivity contribution in [3.63, 3.8) is 0 Å². The molecule has 1 fully saturated rings. The van der Waals surface area contributed by atoms with Crippen molar-refractivity contribution in [2.45, 2.75) is 19.3 Å². The third-order valence-electron chi connectivity index (χ3n) is 4.03. The molecule has 0 radical (unpaired) electrons. The van der Waals surface area contributed by atoms with Gasteiger partial charge in [-0.2, -0.15) is 5.26 Å². The van der Waals surface area contributed by atoms with Gasteiger partial charge in [-0.25, -0.2) is 4.39 Å². The van der Waals surface area contributed by atoms with Crippen molar-refractivity contribution >= 4 is 5.91 Å². The molecule has 112 valence electrons. The Labute approximate surface area is 124 Å². The molecule has 1 saturated heterocycles. The van der Waals surface area contributed by atoms with Crippen LogP contribution in [0.3, 0.4) is 0 Å². The molecular formula is C16H20FN3O. The first-order valence-corrected chi connectivity index (χ1v) is 7.10. The molecule has 0 saturated carbocycles. The van der Waals surface area contributed by atoms with E-state index < -0.39 is 5.41 Å². The number of amides is 1. The minimum Gasteiger partial charge on any atom is -0.339 e. The van der Waals surface area contributed by atoms with Gasteiger partial charge in [0.15, 0.2) is 0 Å². The summed E-state index contributed by atoms with van der Waals surface area (Å²) in [6, 6.07) is 8.34. The van der Waals surface area contributed by atoms with Crippen LogP contribution in [0.1, 0.15) is 19.4 Å². The smallest absolute Gasteiger partial charge is 0.232 e. The zero-order chi connectivity index (χ0) is 15.5. The van der Waals surface area contributed by atoms with Crippen LogP contribution in [0.15, 0.2) is 24.3 Å². The van der Waals surface area contributed by atoms with Gasteiger partial charge in [0.05, 0.1) is 18.0 Å². The maximum absolute atomic E-state index is 13.4. The largest absolute Gasteiger partial charge is 0.339 e. The third-order valence-corrected chi connectivity index (χ3v) is 4.03. The molecule has 2 rings (SSSR count). The van der Waals surface area contributed by atoms with E-state index in [1.165, 1.54) is 12.1 Å². The summed E-state index contributed by atoms with van der Waals surface area (Å²) in [5.74, 6) is -0.322. The fourth-order valence-electron chi connectivity index (χ4n) is 2.61. The summed E-state index contributed by atoms with van der Waals surface area (Å²) in [6.45, 7) is 6.68. The minimum absolute atomic E-state index is 0.00436. The first-order valence-electron chi connectivity index (χ1n) is 7.10. The Morgan fingerprint density at radius 2 is 2.00 bits per heavy atom. The van der Waals surface area contributed by atoms with E-state index in [2.05, 4.69) is 6.07 Å². The Balaban J connectivity index is 2.08. The highest BCUT2D eigenvalue weighted by Gasteiger charge is 2.35. The van der Waals surface area contributed by atoms with E-state index in [0.29, 0.717) is 38.3 Å². The highest BCUT2D eigenvalue weighted by Crippen LogP contribution is 2.26. The van der Waals surface area contributed by atoms with Crippen molar-refractivity contribution in [2.24, 2.45) is 0 Å². The topological polar surface area (TPSA) is 47.3 Å². The number of benzene rings is 1. The summed E-state index contributed by atoms with van der Waals surface area (Å²) in [4.78, 5) is 16.5. The number of carbonyl (C=O) groups is 1. The van der Waals surface area contributed by atoms with Crippen molar-refractivity contribution in [2.75, 3.05) is 32.7 Å². The number of carbonyl (C=O) groups excluding carboxylic acids is 1. The Morgan fingerprint density at radius 3 is 2.57 bits per heavy atom. The highest BCUT2D eigenvalue weighted by atomic mass is 19.1. The summed E-state index contributed by atoms with van der Waals surface area (Å²) in [5.41, 5.74) is -0.0635. The van der Waals surface area contributed by atoms with Crippen molar-refractivity contribution < 1.29 is 9.18 Å². The van der Waals surface area contributed by atoms with Gasteiger partial charge in [0.25, 0.3) is 0 Å². The van der Waals surface area contributed by atoms with Crippen molar-refractivity contribution in [1.82, 2.24) is 9.80 Å². The Bertz CT molecular complexity index is 557. The Kier molecular flexibility index (Phi) is 4.59. The van der Waals surface area contributed by atoms with Gasteiger partial charge in [-0.05, 0) is 31.5 Å². The van der Waals surface area contributed by atoms with Gasteiger partial charge in [-0.3, -0.25) is 9.69 Å². The fourth-order valence-corrected chi connectivity index (χ4v) is 2.61. The van der Waals surface area contributed by atoms with Crippen LogP contribution in [0.2, 0.25) is 0 Å². The summed E-state index contributed by atoms with van der Waals surface area (Å²) in [7, 11) is 0. The van der Waals surface area contributed by atoms with Crippen molar-refractivity contribution in [3.05, 3.63) is 35.6 Å². The van der Waals surface area contributed by atoms with Crippen LogP contribution in [-0.4, -0.2) is 48.4 Å². The van der Waals surface area contributed by atoms with Crippen LogP contribution >= 0.6 is 0 Å². The molecule has 1 aliphatic heterocycles. The standard InChI is InChI=1S/C16H20FN3O/c1-16(2,13-4-3-5-14(17)12-13)15(21)20-10-8-19(7-6-18)9-11-20/h3-5,12H,7-11H2,1-2H3. The van der Waals surface area contributed by atoms with Gasteiger partial charge in [0.1, 0.15) is 5.82 Å². The average Bonchev–Trinajstić information content (AvgIpc) is 2.47. The van der Waals surface area contributed by atoms with Crippen LogP contribution < -0.4 is 0 Å². The molecule has 0 aliphatic carbocycles. The number of piperazine rings is 1. The Hall–Kier alpha value is -1.93. The second kappa shape index (κ2) is 6.23. The number of nitriles is 1. The van der Waals surface area contributed by atoms with E-state index in [0.717, 1.165) is 0 Å². The number of rotatable bonds is 3. The number of nitrogens with zero attached hydrogens (tertiary/aromatic N) is 3. The second-order valence-electron chi connectivity index (χ2n) is 5.86. The van der Waals surface area contributed by atoms with Gasteiger partial charge >= 0.3 is 0 Å². The van der Waals surface area contributed by atoms with E-state index >= 15 is 0 Å². The van der Waals surface area contributed by atoms with Crippen molar-refractivity contribution in [3.8, 4) is 6.07 Å². The molecule has 1 aliphatic rings. The maximum atomic E-state index is 13.4. The lowest BCUT2D eigenvalue weighted by Crippen LogP contribution is -2.53. The monoisotopic (exact) mass is 289 g/mol.